The van der Waals surface area contributed by atoms with Crippen LogP contribution in [-0.4, -0.2) is 21.3 Å². The molecule has 0 spiro atoms. The topological polar surface area (TPSA) is 43.4 Å². The summed E-state index contributed by atoms with van der Waals surface area (Å²) >= 11 is 0. The van der Waals surface area contributed by atoms with Crippen molar-refractivity contribution in [1.29, 1.82) is 0 Å². The molecule has 2 aromatic rings. The molecule has 0 atom stereocenters. The van der Waals surface area contributed by atoms with Crippen molar-refractivity contribution >= 4 is 22.3 Å². The van der Waals surface area contributed by atoms with Gasteiger partial charge in [0.15, 0.2) is 0 Å². The molecular weight excluding hydrogens is 308 g/mol. The summed E-state index contributed by atoms with van der Waals surface area (Å²) in [6, 6.07) is 16.2. The molecule has 0 fully saturated rings. The molecule has 116 valence electrons. The van der Waals surface area contributed by atoms with Crippen LogP contribution in [0.5, 0.6) is 0 Å². The zero-order chi connectivity index (χ0) is 16.3. The first-order valence-corrected chi connectivity index (χ1v) is 9.05. The predicted octanol–water partition coefficient (Wildman–Crippen LogP) is 3.28. The number of hydrogen-bond acceptors (Lipinski definition) is 3. The Morgan fingerprint density at radius 2 is 1.48 bits per heavy atom. The molecule has 0 saturated heterocycles. The number of hydrogen-bond donors (Lipinski definition) is 0. The average molecular weight is 324 g/mol. The maximum absolute atomic E-state index is 11.0. The minimum atomic E-state index is -3.47. The predicted molar refractivity (Wildman–Crippen MR) is 92.2 cm³/mol. The molecule has 0 aromatic heterocycles. The molecule has 1 aliphatic rings. The van der Waals surface area contributed by atoms with E-state index in [0.29, 0.717) is 0 Å². The third-order valence-electron chi connectivity index (χ3n) is 3.65. The zero-order valence-corrected chi connectivity index (χ0v) is 13.5. The molecule has 3 rings (SSSR count). The van der Waals surface area contributed by atoms with Gasteiger partial charge in [0.05, 0.1) is 12.2 Å². The lowest BCUT2D eigenvalue weighted by Gasteiger charge is -2.14. The van der Waals surface area contributed by atoms with E-state index in [4.69, 9.17) is 4.18 Å². The lowest BCUT2D eigenvalue weighted by atomic mass is 9.88. The molecule has 0 aliphatic heterocycles. The van der Waals surface area contributed by atoms with Crippen LogP contribution >= 0.6 is 0 Å². The van der Waals surface area contributed by atoms with Crippen molar-refractivity contribution in [3.8, 4) is 11.8 Å². The summed E-state index contributed by atoms with van der Waals surface area (Å²) in [7, 11) is -3.47. The van der Waals surface area contributed by atoms with Crippen LogP contribution in [0.25, 0.3) is 12.2 Å². The van der Waals surface area contributed by atoms with Crippen molar-refractivity contribution in [3.05, 3.63) is 70.8 Å². The van der Waals surface area contributed by atoms with E-state index in [1.54, 1.807) is 0 Å². The van der Waals surface area contributed by atoms with Crippen molar-refractivity contribution in [2.45, 2.75) is 5.92 Å². The van der Waals surface area contributed by atoms with Crippen molar-refractivity contribution in [1.82, 2.24) is 0 Å². The normalized spacial score (nSPS) is 13.4. The van der Waals surface area contributed by atoms with Crippen molar-refractivity contribution in [2.75, 3.05) is 12.9 Å². The molecule has 4 heteroatoms. The molecule has 0 N–H and O–H groups in total. The molecule has 23 heavy (non-hydrogen) atoms. The summed E-state index contributed by atoms with van der Waals surface area (Å²) in [6.07, 6.45) is 5.19. The van der Waals surface area contributed by atoms with Crippen LogP contribution < -0.4 is 0 Å². The Morgan fingerprint density at radius 3 is 2.00 bits per heavy atom. The fourth-order valence-corrected chi connectivity index (χ4v) is 2.91. The standard InChI is InChI=1S/C19H16O3S/c1-23(20,21)22-14-6-11-19-17-9-4-2-7-15(17)12-13-16-8-3-5-10-18(16)19/h2-5,7-10,12-13,19H,14H2,1H3. The largest absolute Gasteiger partial charge is 0.265 e. The first kappa shape index (κ1) is 15.5. The van der Waals surface area contributed by atoms with Crippen LogP contribution in [0.3, 0.4) is 0 Å². The van der Waals surface area contributed by atoms with Gasteiger partial charge in [0.2, 0.25) is 0 Å². The second-order valence-corrected chi connectivity index (χ2v) is 6.96. The monoisotopic (exact) mass is 324 g/mol. The number of fused-ring (bicyclic) bond motifs is 2. The molecule has 0 unspecified atom stereocenters. The highest BCUT2D eigenvalue weighted by Crippen LogP contribution is 2.33. The van der Waals surface area contributed by atoms with E-state index in [0.717, 1.165) is 28.5 Å². The van der Waals surface area contributed by atoms with E-state index in [1.807, 2.05) is 24.3 Å². The average Bonchev–Trinajstić information content (AvgIpc) is 2.68. The van der Waals surface area contributed by atoms with E-state index in [9.17, 15) is 8.42 Å². The Kier molecular flexibility index (Phi) is 4.33. The highest BCUT2D eigenvalue weighted by molar-refractivity contribution is 7.86. The van der Waals surface area contributed by atoms with Gasteiger partial charge in [-0.3, -0.25) is 4.18 Å². The van der Waals surface area contributed by atoms with Crippen LogP contribution in [0.15, 0.2) is 48.5 Å². The highest BCUT2D eigenvalue weighted by atomic mass is 32.2. The van der Waals surface area contributed by atoms with Crippen molar-refractivity contribution in [3.63, 3.8) is 0 Å². The Morgan fingerprint density at radius 1 is 0.957 bits per heavy atom. The summed E-state index contributed by atoms with van der Waals surface area (Å²) in [5, 5.41) is 0. The second kappa shape index (κ2) is 6.41. The van der Waals surface area contributed by atoms with Gasteiger partial charge in [-0.05, 0) is 22.3 Å². The molecule has 2 aromatic carbocycles. The van der Waals surface area contributed by atoms with Gasteiger partial charge in [0.1, 0.15) is 6.61 Å². The van der Waals surface area contributed by atoms with Crippen LogP contribution in [0.4, 0.5) is 0 Å². The lowest BCUT2D eigenvalue weighted by molar-refractivity contribution is 0.367. The van der Waals surface area contributed by atoms with Gasteiger partial charge in [0.25, 0.3) is 10.1 Å². The number of rotatable bonds is 2. The third kappa shape index (κ3) is 3.70. The van der Waals surface area contributed by atoms with Gasteiger partial charge < -0.3 is 0 Å². The minimum absolute atomic E-state index is 0.111. The van der Waals surface area contributed by atoms with Gasteiger partial charge in [-0.1, -0.05) is 72.5 Å². The van der Waals surface area contributed by atoms with Crippen LogP contribution in [-0.2, 0) is 14.3 Å². The summed E-state index contributed by atoms with van der Waals surface area (Å²) in [6.45, 7) is -0.132. The summed E-state index contributed by atoms with van der Waals surface area (Å²) < 4.78 is 26.8. The molecule has 3 nitrogen and oxygen atoms in total. The molecular formula is C19H16O3S. The molecule has 1 aliphatic carbocycles. The van der Waals surface area contributed by atoms with Gasteiger partial charge in [0, 0.05) is 0 Å². The smallest absolute Gasteiger partial charge is 0.257 e. The first-order chi connectivity index (χ1) is 11.0. The van der Waals surface area contributed by atoms with Gasteiger partial charge >= 0.3 is 0 Å². The highest BCUT2D eigenvalue weighted by Gasteiger charge is 2.18. The molecule has 0 bridgehead atoms. The van der Waals surface area contributed by atoms with Crippen LogP contribution in [0.1, 0.15) is 28.2 Å². The fourth-order valence-electron chi connectivity index (χ4n) is 2.63. The SMILES string of the molecule is CS(=O)(=O)OCC#CC1c2ccccc2C=Cc2ccccc21. The molecule has 0 saturated carbocycles. The molecule has 0 heterocycles. The van der Waals surface area contributed by atoms with Crippen molar-refractivity contribution in [2.24, 2.45) is 0 Å². The maximum Gasteiger partial charge on any atom is 0.265 e. The molecule has 0 radical (unpaired) electrons. The third-order valence-corrected chi connectivity index (χ3v) is 4.19. The first-order valence-electron chi connectivity index (χ1n) is 7.23. The van der Waals surface area contributed by atoms with E-state index in [1.165, 1.54) is 0 Å². The summed E-state index contributed by atoms with van der Waals surface area (Å²) in [5.74, 6) is 5.90. The van der Waals surface area contributed by atoms with Gasteiger partial charge in [-0.2, -0.15) is 8.42 Å². The van der Waals surface area contributed by atoms with Gasteiger partial charge in [-0.15, -0.1) is 0 Å². The van der Waals surface area contributed by atoms with E-state index >= 15 is 0 Å². The van der Waals surface area contributed by atoms with E-state index in [2.05, 4.69) is 48.3 Å². The summed E-state index contributed by atoms with van der Waals surface area (Å²) in [4.78, 5) is 0. The fraction of sp³-hybridized carbons (Fsp3) is 0.158. The van der Waals surface area contributed by atoms with Gasteiger partial charge in [-0.25, -0.2) is 0 Å². The molecule has 0 amide bonds. The minimum Gasteiger partial charge on any atom is -0.257 e. The van der Waals surface area contributed by atoms with E-state index in [-0.39, 0.29) is 12.5 Å². The Bertz CT molecular complexity index is 865. The lowest BCUT2D eigenvalue weighted by Crippen LogP contribution is -2.04. The number of benzene rings is 2. The summed E-state index contributed by atoms with van der Waals surface area (Å²) in [5.41, 5.74) is 4.46. The van der Waals surface area contributed by atoms with Crippen molar-refractivity contribution < 1.29 is 12.6 Å². The Labute approximate surface area is 136 Å². The van der Waals surface area contributed by atoms with Crippen LogP contribution in [0, 0.1) is 11.8 Å². The Balaban J connectivity index is 2.01. The zero-order valence-electron chi connectivity index (χ0n) is 12.7. The van der Waals surface area contributed by atoms with E-state index < -0.39 is 10.1 Å². The second-order valence-electron chi connectivity index (χ2n) is 5.31. The quantitative estimate of drug-likeness (QED) is 0.629. The Hall–Kier alpha value is -2.35. The van der Waals surface area contributed by atoms with Crippen LogP contribution in [0.2, 0.25) is 0 Å². The maximum atomic E-state index is 11.0.